The third kappa shape index (κ3) is 3.15. The summed E-state index contributed by atoms with van der Waals surface area (Å²) >= 11 is 6.17. The van der Waals surface area contributed by atoms with Crippen molar-refractivity contribution in [1.82, 2.24) is 0 Å². The number of carbonyl (C=O) groups excluding carboxylic acids is 2. The number of nitrogens with one attached hydrogen (secondary N) is 1. The average Bonchev–Trinajstić information content (AvgIpc) is 2.94. The molecule has 0 radical (unpaired) electrons. The number of hydrogen-bond donors (Lipinski definition) is 1. The minimum absolute atomic E-state index is 0.0794. The topological polar surface area (TPSA) is 49.4 Å². The van der Waals surface area contributed by atoms with Crippen molar-refractivity contribution in [1.29, 1.82) is 0 Å². The van der Waals surface area contributed by atoms with Crippen LogP contribution in [-0.2, 0) is 9.59 Å². The van der Waals surface area contributed by atoms with Crippen LogP contribution in [0.1, 0.15) is 17.5 Å². The number of amides is 2. The van der Waals surface area contributed by atoms with E-state index < -0.39 is 0 Å². The van der Waals surface area contributed by atoms with Crippen LogP contribution in [0.4, 0.5) is 11.4 Å². The Morgan fingerprint density at radius 3 is 2.67 bits per heavy atom. The van der Waals surface area contributed by atoms with Gasteiger partial charge in [0.15, 0.2) is 0 Å². The predicted octanol–water partition coefficient (Wildman–Crippen LogP) is 3.95. The van der Waals surface area contributed by atoms with Crippen molar-refractivity contribution in [2.24, 2.45) is 5.92 Å². The van der Waals surface area contributed by atoms with Gasteiger partial charge in [0, 0.05) is 18.7 Å². The van der Waals surface area contributed by atoms with Crippen molar-refractivity contribution < 1.29 is 9.59 Å². The Morgan fingerprint density at radius 1 is 1.17 bits per heavy atom. The fourth-order valence-electron chi connectivity index (χ4n) is 2.91. The van der Waals surface area contributed by atoms with Gasteiger partial charge in [-0.05, 0) is 43.2 Å². The number of hydrogen-bond acceptors (Lipinski definition) is 2. The van der Waals surface area contributed by atoms with Gasteiger partial charge in [-0.15, -0.1) is 0 Å². The van der Waals surface area contributed by atoms with E-state index in [-0.39, 0.29) is 24.2 Å². The van der Waals surface area contributed by atoms with E-state index in [2.05, 4.69) is 5.32 Å². The summed E-state index contributed by atoms with van der Waals surface area (Å²) in [7, 11) is 0. The van der Waals surface area contributed by atoms with Crippen molar-refractivity contribution in [3.05, 3.63) is 58.6 Å². The fourth-order valence-corrected chi connectivity index (χ4v) is 3.15. The Kier molecular flexibility index (Phi) is 4.58. The second kappa shape index (κ2) is 6.65. The maximum absolute atomic E-state index is 12.6. The number of anilines is 2. The van der Waals surface area contributed by atoms with Gasteiger partial charge in [-0.2, -0.15) is 0 Å². The number of rotatable bonds is 3. The van der Waals surface area contributed by atoms with Crippen LogP contribution in [0.15, 0.2) is 42.5 Å². The Balaban J connectivity index is 1.75. The number of halogens is 1. The molecule has 1 N–H and O–H groups in total. The molecule has 2 amide bonds. The van der Waals surface area contributed by atoms with Crippen LogP contribution in [-0.4, -0.2) is 18.4 Å². The molecule has 0 bridgehead atoms. The van der Waals surface area contributed by atoms with E-state index >= 15 is 0 Å². The van der Waals surface area contributed by atoms with Crippen molar-refractivity contribution in [2.45, 2.75) is 20.3 Å². The molecular formula is C19H19ClN2O2. The van der Waals surface area contributed by atoms with Gasteiger partial charge < -0.3 is 10.2 Å². The highest BCUT2D eigenvalue weighted by molar-refractivity contribution is 6.33. The van der Waals surface area contributed by atoms with Crippen LogP contribution in [0.5, 0.6) is 0 Å². The molecule has 24 heavy (non-hydrogen) atoms. The Morgan fingerprint density at radius 2 is 1.92 bits per heavy atom. The van der Waals surface area contributed by atoms with E-state index in [9.17, 15) is 9.59 Å². The Labute approximate surface area is 146 Å². The van der Waals surface area contributed by atoms with Crippen molar-refractivity contribution >= 4 is 34.8 Å². The molecule has 1 heterocycles. The second-order valence-corrected chi connectivity index (χ2v) is 6.50. The van der Waals surface area contributed by atoms with E-state index in [0.717, 1.165) is 16.8 Å². The molecule has 4 nitrogen and oxygen atoms in total. The van der Waals surface area contributed by atoms with Gasteiger partial charge in [0.2, 0.25) is 11.8 Å². The standard InChI is InChI=1S/C19H19ClN2O2/c1-12-6-5-8-16(13(12)2)21-19(24)14-10-18(23)22(11-14)17-9-4-3-7-15(17)20/h3-9,14H,10-11H2,1-2H3,(H,21,24)/t14-/m1/s1. The first kappa shape index (κ1) is 16.5. The number of para-hydroxylation sites is 1. The molecule has 5 heteroatoms. The predicted molar refractivity (Wildman–Crippen MR) is 96.5 cm³/mol. The molecule has 1 saturated heterocycles. The maximum atomic E-state index is 12.6. The smallest absolute Gasteiger partial charge is 0.229 e. The molecule has 0 saturated carbocycles. The van der Waals surface area contributed by atoms with Gasteiger partial charge in [-0.1, -0.05) is 35.9 Å². The van der Waals surface area contributed by atoms with Gasteiger partial charge in [0.1, 0.15) is 0 Å². The van der Waals surface area contributed by atoms with E-state index in [1.807, 2.05) is 44.2 Å². The first-order valence-electron chi connectivity index (χ1n) is 7.89. The first-order chi connectivity index (χ1) is 11.5. The Bertz CT molecular complexity index is 804. The molecule has 3 rings (SSSR count). The highest BCUT2D eigenvalue weighted by atomic mass is 35.5. The van der Waals surface area contributed by atoms with E-state index in [1.165, 1.54) is 0 Å². The summed E-state index contributed by atoms with van der Waals surface area (Å²) in [6, 6.07) is 13.0. The summed E-state index contributed by atoms with van der Waals surface area (Å²) in [5, 5.41) is 3.46. The van der Waals surface area contributed by atoms with Gasteiger partial charge in [-0.25, -0.2) is 0 Å². The summed E-state index contributed by atoms with van der Waals surface area (Å²) in [4.78, 5) is 26.5. The monoisotopic (exact) mass is 342 g/mol. The zero-order valence-electron chi connectivity index (χ0n) is 13.7. The largest absolute Gasteiger partial charge is 0.326 e. The summed E-state index contributed by atoms with van der Waals surface area (Å²) in [6.45, 7) is 4.32. The maximum Gasteiger partial charge on any atom is 0.229 e. The SMILES string of the molecule is Cc1cccc(NC(=O)[C@@H]2CC(=O)N(c3ccccc3Cl)C2)c1C. The molecule has 1 atom stereocenters. The van der Waals surface area contributed by atoms with Crippen LogP contribution >= 0.6 is 11.6 Å². The van der Waals surface area contributed by atoms with Crippen LogP contribution in [0.3, 0.4) is 0 Å². The van der Waals surface area contributed by atoms with Crippen LogP contribution in [0.25, 0.3) is 0 Å². The lowest BCUT2D eigenvalue weighted by atomic mass is 10.1. The fraction of sp³-hybridized carbons (Fsp3) is 0.263. The molecular weight excluding hydrogens is 324 g/mol. The molecule has 1 fully saturated rings. The van der Waals surface area contributed by atoms with Crippen LogP contribution in [0, 0.1) is 19.8 Å². The molecule has 0 spiro atoms. The molecule has 2 aromatic carbocycles. The number of nitrogens with zero attached hydrogens (tertiary/aromatic N) is 1. The molecule has 1 aliphatic rings. The number of aryl methyl sites for hydroxylation is 1. The van der Waals surface area contributed by atoms with Crippen LogP contribution < -0.4 is 10.2 Å². The van der Waals surface area contributed by atoms with Gasteiger partial charge in [-0.3, -0.25) is 9.59 Å². The lowest BCUT2D eigenvalue weighted by molar-refractivity contribution is -0.122. The van der Waals surface area contributed by atoms with Crippen molar-refractivity contribution in [3.8, 4) is 0 Å². The van der Waals surface area contributed by atoms with Gasteiger partial charge in [0.05, 0.1) is 16.6 Å². The third-order valence-electron chi connectivity index (χ3n) is 4.50. The molecule has 0 unspecified atom stereocenters. The molecule has 2 aromatic rings. The summed E-state index contributed by atoms with van der Waals surface area (Å²) in [5.74, 6) is -0.593. The zero-order valence-corrected chi connectivity index (χ0v) is 14.4. The lowest BCUT2D eigenvalue weighted by Crippen LogP contribution is -2.28. The number of benzene rings is 2. The van der Waals surface area contributed by atoms with Crippen molar-refractivity contribution in [3.63, 3.8) is 0 Å². The van der Waals surface area contributed by atoms with E-state index in [4.69, 9.17) is 11.6 Å². The average molecular weight is 343 g/mol. The first-order valence-corrected chi connectivity index (χ1v) is 8.27. The molecule has 0 aromatic heterocycles. The minimum atomic E-state index is -0.381. The zero-order chi connectivity index (χ0) is 17.3. The lowest BCUT2D eigenvalue weighted by Gasteiger charge is -2.18. The quantitative estimate of drug-likeness (QED) is 0.918. The van der Waals surface area contributed by atoms with Crippen LogP contribution in [0.2, 0.25) is 5.02 Å². The molecule has 124 valence electrons. The molecule has 0 aliphatic carbocycles. The number of carbonyl (C=O) groups is 2. The highest BCUT2D eigenvalue weighted by Crippen LogP contribution is 2.31. The summed E-state index contributed by atoms with van der Waals surface area (Å²) in [6.07, 6.45) is 0.196. The summed E-state index contributed by atoms with van der Waals surface area (Å²) in [5.41, 5.74) is 3.61. The highest BCUT2D eigenvalue weighted by Gasteiger charge is 2.36. The van der Waals surface area contributed by atoms with E-state index in [0.29, 0.717) is 17.3 Å². The van der Waals surface area contributed by atoms with Gasteiger partial charge >= 0.3 is 0 Å². The van der Waals surface area contributed by atoms with E-state index in [1.54, 1.807) is 17.0 Å². The molecule has 1 aliphatic heterocycles. The summed E-state index contributed by atoms with van der Waals surface area (Å²) < 4.78 is 0. The third-order valence-corrected chi connectivity index (χ3v) is 4.82. The van der Waals surface area contributed by atoms with Gasteiger partial charge in [0.25, 0.3) is 0 Å². The second-order valence-electron chi connectivity index (χ2n) is 6.09. The van der Waals surface area contributed by atoms with Crippen molar-refractivity contribution in [2.75, 3.05) is 16.8 Å². The Hall–Kier alpha value is -2.33. The normalized spacial score (nSPS) is 17.2. The minimum Gasteiger partial charge on any atom is -0.326 e.